The van der Waals surface area contributed by atoms with Crippen LogP contribution < -0.4 is 14.2 Å². The summed E-state index contributed by atoms with van der Waals surface area (Å²) in [4.78, 5) is 0. The molecular weight excluding hydrogens is 259 g/mol. The van der Waals surface area contributed by atoms with Crippen LogP contribution in [0.1, 0.15) is 5.56 Å². The average molecular weight is 273 g/mol. The topological polar surface area (TPSA) is 27.7 Å². The van der Waals surface area contributed by atoms with E-state index in [1.165, 1.54) is 12.1 Å². The van der Waals surface area contributed by atoms with Gasteiger partial charge in [0.1, 0.15) is 18.2 Å². The van der Waals surface area contributed by atoms with Crippen molar-refractivity contribution < 1.29 is 18.6 Å². The van der Waals surface area contributed by atoms with Gasteiger partial charge < -0.3 is 14.2 Å². The molecule has 0 unspecified atom stereocenters. The number of fused-ring (bicyclic) bond motifs is 1. The van der Waals surface area contributed by atoms with Crippen molar-refractivity contribution in [3.05, 3.63) is 48.3 Å². The van der Waals surface area contributed by atoms with Gasteiger partial charge in [0.05, 0.1) is 14.2 Å². The minimum atomic E-state index is -0.289. The molecule has 3 rings (SSSR count). The quantitative estimate of drug-likeness (QED) is 0.855. The van der Waals surface area contributed by atoms with Gasteiger partial charge in [0.2, 0.25) is 0 Å². The van der Waals surface area contributed by atoms with Crippen LogP contribution >= 0.6 is 0 Å². The standard InChI is InChI=1S/C16H14FO3/c1-18-14-5-3-4-12(16(14)19-2)13-9-11(17)8-10-6-7-20-15(10)13/h3-5,7-9H,6H2,1-2H3. The first-order valence-electron chi connectivity index (χ1n) is 6.26. The zero-order valence-electron chi connectivity index (χ0n) is 11.3. The second-order valence-corrected chi connectivity index (χ2v) is 4.47. The van der Waals surface area contributed by atoms with Gasteiger partial charge in [-0.3, -0.25) is 0 Å². The van der Waals surface area contributed by atoms with Gasteiger partial charge in [0.25, 0.3) is 0 Å². The van der Waals surface area contributed by atoms with Crippen LogP contribution in [0.5, 0.6) is 17.2 Å². The number of methoxy groups -OCH3 is 2. The molecule has 0 N–H and O–H groups in total. The molecule has 1 radical (unpaired) electrons. The van der Waals surface area contributed by atoms with Crippen molar-refractivity contribution in [3.8, 4) is 28.4 Å². The Bertz CT molecular complexity index is 652. The molecule has 0 aromatic heterocycles. The Labute approximate surface area is 116 Å². The van der Waals surface area contributed by atoms with Crippen LogP contribution in [-0.4, -0.2) is 14.2 Å². The van der Waals surface area contributed by atoms with E-state index in [1.54, 1.807) is 26.9 Å². The Morgan fingerprint density at radius 2 is 1.95 bits per heavy atom. The number of ether oxygens (including phenoxy) is 3. The number of benzene rings is 2. The molecule has 1 heterocycles. The molecule has 0 spiro atoms. The molecule has 0 bridgehead atoms. The molecule has 2 aromatic rings. The maximum atomic E-state index is 13.8. The molecule has 0 saturated carbocycles. The predicted octanol–water partition coefficient (Wildman–Crippen LogP) is 3.61. The summed E-state index contributed by atoms with van der Waals surface area (Å²) in [6.45, 7) is 1.67. The first-order valence-corrected chi connectivity index (χ1v) is 6.26. The summed E-state index contributed by atoms with van der Waals surface area (Å²) in [6.07, 6.45) is 0.604. The Balaban J connectivity index is 2.24. The lowest BCUT2D eigenvalue weighted by Crippen LogP contribution is -1.95. The van der Waals surface area contributed by atoms with Crippen LogP contribution in [0, 0.1) is 12.4 Å². The van der Waals surface area contributed by atoms with E-state index in [4.69, 9.17) is 14.2 Å². The van der Waals surface area contributed by atoms with E-state index >= 15 is 0 Å². The minimum Gasteiger partial charge on any atom is -0.493 e. The van der Waals surface area contributed by atoms with Crippen molar-refractivity contribution in [2.75, 3.05) is 14.2 Å². The third-order valence-electron chi connectivity index (χ3n) is 3.33. The minimum absolute atomic E-state index is 0.289. The molecular formula is C16H14FO3. The fourth-order valence-corrected chi connectivity index (χ4v) is 2.45. The third-order valence-corrected chi connectivity index (χ3v) is 3.33. The highest BCUT2D eigenvalue weighted by Crippen LogP contribution is 2.45. The van der Waals surface area contributed by atoms with Gasteiger partial charge >= 0.3 is 0 Å². The normalized spacial score (nSPS) is 12.8. The molecule has 0 saturated heterocycles. The van der Waals surface area contributed by atoms with Gasteiger partial charge in [0, 0.05) is 23.1 Å². The van der Waals surface area contributed by atoms with E-state index in [-0.39, 0.29) is 5.82 Å². The Morgan fingerprint density at radius 1 is 1.10 bits per heavy atom. The number of halogens is 1. The van der Waals surface area contributed by atoms with E-state index in [2.05, 4.69) is 0 Å². The van der Waals surface area contributed by atoms with Gasteiger partial charge in [-0.05, 0) is 18.2 Å². The smallest absolute Gasteiger partial charge is 0.168 e. The van der Waals surface area contributed by atoms with Crippen molar-refractivity contribution >= 4 is 0 Å². The van der Waals surface area contributed by atoms with Gasteiger partial charge in [-0.15, -0.1) is 0 Å². The molecule has 103 valence electrons. The number of para-hydroxylation sites is 1. The molecule has 0 amide bonds. The van der Waals surface area contributed by atoms with Crippen molar-refractivity contribution in [1.29, 1.82) is 0 Å². The Hall–Kier alpha value is -2.23. The van der Waals surface area contributed by atoms with Gasteiger partial charge in [0.15, 0.2) is 11.5 Å². The molecule has 3 nitrogen and oxygen atoms in total. The second-order valence-electron chi connectivity index (χ2n) is 4.47. The number of hydrogen-bond acceptors (Lipinski definition) is 3. The zero-order valence-corrected chi connectivity index (χ0v) is 11.3. The fourth-order valence-electron chi connectivity index (χ4n) is 2.45. The lowest BCUT2D eigenvalue weighted by atomic mass is 9.99. The Kier molecular flexibility index (Phi) is 3.22. The highest BCUT2D eigenvalue weighted by Gasteiger charge is 2.22. The lowest BCUT2D eigenvalue weighted by molar-refractivity contribution is 0.356. The molecule has 0 aliphatic carbocycles. The highest BCUT2D eigenvalue weighted by molar-refractivity contribution is 5.80. The van der Waals surface area contributed by atoms with Crippen LogP contribution in [-0.2, 0) is 6.42 Å². The summed E-state index contributed by atoms with van der Waals surface area (Å²) in [5, 5.41) is 0. The largest absolute Gasteiger partial charge is 0.493 e. The predicted molar refractivity (Wildman–Crippen MR) is 73.6 cm³/mol. The monoisotopic (exact) mass is 273 g/mol. The van der Waals surface area contributed by atoms with Crippen molar-refractivity contribution in [3.63, 3.8) is 0 Å². The average Bonchev–Trinajstić information content (AvgIpc) is 2.93. The molecule has 20 heavy (non-hydrogen) atoms. The van der Waals surface area contributed by atoms with E-state index in [1.807, 2.05) is 12.1 Å². The summed E-state index contributed by atoms with van der Waals surface area (Å²) in [6, 6.07) is 8.45. The molecule has 0 atom stereocenters. The molecule has 0 fully saturated rings. The van der Waals surface area contributed by atoms with Gasteiger partial charge in [-0.1, -0.05) is 12.1 Å². The van der Waals surface area contributed by atoms with Crippen LogP contribution in [0.15, 0.2) is 30.3 Å². The Morgan fingerprint density at radius 3 is 2.70 bits per heavy atom. The lowest BCUT2D eigenvalue weighted by Gasteiger charge is -2.15. The fraction of sp³-hybridized carbons (Fsp3) is 0.188. The summed E-state index contributed by atoms with van der Waals surface area (Å²) in [5.41, 5.74) is 2.26. The zero-order chi connectivity index (χ0) is 14.1. The molecule has 2 aromatic carbocycles. The first-order chi connectivity index (χ1) is 9.74. The second kappa shape index (κ2) is 5.04. The van der Waals surface area contributed by atoms with Gasteiger partial charge in [-0.2, -0.15) is 0 Å². The SMILES string of the molecule is COc1cccc(-c2cc(F)cc3c2O[CH]C3)c1OC. The van der Waals surface area contributed by atoms with Crippen molar-refractivity contribution in [2.45, 2.75) is 6.42 Å². The van der Waals surface area contributed by atoms with E-state index in [0.717, 1.165) is 11.1 Å². The van der Waals surface area contributed by atoms with Crippen molar-refractivity contribution in [2.24, 2.45) is 0 Å². The van der Waals surface area contributed by atoms with Crippen LogP contribution in [0.4, 0.5) is 4.39 Å². The summed E-state index contributed by atoms with van der Waals surface area (Å²) in [7, 11) is 3.13. The van der Waals surface area contributed by atoms with Crippen LogP contribution in [0.2, 0.25) is 0 Å². The van der Waals surface area contributed by atoms with E-state index in [9.17, 15) is 4.39 Å². The third kappa shape index (κ3) is 1.97. The first kappa shape index (κ1) is 12.8. The van der Waals surface area contributed by atoms with Crippen LogP contribution in [0.25, 0.3) is 11.1 Å². The summed E-state index contributed by atoms with van der Waals surface area (Å²) >= 11 is 0. The maximum absolute atomic E-state index is 13.8. The highest BCUT2D eigenvalue weighted by atomic mass is 19.1. The van der Waals surface area contributed by atoms with Gasteiger partial charge in [-0.25, -0.2) is 4.39 Å². The summed E-state index contributed by atoms with van der Waals surface area (Å²) < 4.78 is 30.0. The van der Waals surface area contributed by atoms with Crippen LogP contribution in [0.3, 0.4) is 0 Å². The van der Waals surface area contributed by atoms with E-state index in [0.29, 0.717) is 29.2 Å². The molecule has 1 aliphatic rings. The maximum Gasteiger partial charge on any atom is 0.168 e. The summed E-state index contributed by atoms with van der Waals surface area (Å²) in [5.74, 6) is 1.56. The number of rotatable bonds is 3. The van der Waals surface area contributed by atoms with Crippen molar-refractivity contribution in [1.82, 2.24) is 0 Å². The molecule has 4 heteroatoms. The number of hydrogen-bond donors (Lipinski definition) is 0. The molecule has 1 aliphatic heterocycles. The van der Waals surface area contributed by atoms with E-state index < -0.39 is 0 Å².